The van der Waals surface area contributed by atoms with Crippen LogP contribution in [-0.2, 0) is 15.9 Å². The Hall–Kier alpha value is -3.30. The highest BCUT2D eigenvalue weighted by Crippen LogP contribution is 2.41. The molecule has 0 spiro atoms. The van der Waals surface area contributed by atoms with E-state index in [0.717, 1.165) is 47.9 Å². The summed E-state index contributed by atoms with van der Waals surface area (Å²) in [4.78, 5) is 15.4. The van der Waals surface area contributed by atoms with Crippen LogP contribution in [0.3, 0.4) is 0 Å². The maximum absolute atomic E-state index is 13.1. The summed E-state index contributed by atoms with van der Waals surface area (Å²) < 4.78 is 18.6. The Morgan fingerprint density at radius 3 is 2.85 bits per heavy atom. The lowest BCUT2D eigenvalue weighted by atomic mass is 10.0. The predicted molar refractivity (Wildman–Crippen MR) is 125 cm³/mol. The Labute approximate surface area is 193 Å². The number of carbonyl (C=O) groups is 1. The van der Waals surface area contributed by atoms with E-state index in [2.05, 4.69) is 34.5 Å². The van der Waals surface area contributed by atoms with E-state index in [9.17, 15) is 4.79 Å². The third kappa shape index (κ3) is 4.46. The molecule has 1 saturated heterocycles. The maximum Gasteiger partial charge on any atom is 0.276 e. The lowest BCUT2D eigenvalue weighted by molar-refractivity contribution is 0.102. The van der Waals surface area contributed by atoms with Gasteiger partial charge in [0.25, 0.3) is 5.91 Å². The second-order valence-electron chi connectivity index (χ2n) is 8.97. The first kappa shape index (κ1) is 21.5. The number of ether oxygens (including phenoxy) is 3. The van der Waals surface area contributed by atoms with Crippen LogP contribution >= 0.6 is 0 Å². The molecule has 33 heavy (non-hydrogen) atoms. The number of morpholine rings is 1. The van der Waals surface area contributed by atoms with Gasteiger partial charge in [0.15, 0.2) is 5.69 Å². The standard InChI is InChI=1S/C24H29N5O4/c1-24(2)14-16-12-19(20(13-21(16)33-24)28-8-10-32-11-9-28)26-23(30)18-6-7-29(27-18)17-4-5-22(31-3)25-15-17/h4-7,12-13,15,22,25H,8-11,14H2,1-3H3,(H,26,30). The van der Waals surface area contributed by atoms with Gasteiger partial charge in [-0.15, -0.1) is 0 Å². The third-order valence-electron chi connectivity index (χ3n) is 5.96. The van der Waals surface area contributed by atoms with Gasteiger partial charge < -0.3 is 29.7 Å². The van der Waals surface area contributed by atoms with Crippen LogP contribution < -0.4 is 20.3 Å². The molecule has 0 saturated carbocycles. The van der Waals surface area contributed by atoms with E-state index in [1.165, 1.54) is 0 Å². The summed E-state index contributed by atoms with van der Waals surface area (Å²) in [6, 6.07) is 5.78. The summed E-state index contributed by atoms with van der Waals surface area (Å²) in [7, 11) is 1.63. The van der Waals surface area contributed by atoms with Gasteiger partial charge in [-0.05, 0) is 38.1 Å². The smallest absolute Gasteiger partial charge is 0.276 e. The largest absolute Gasteiger partial charge is 0.487 e. The second-order valence-corrected chi connectivity index (χ2v) is 8.97. The number of aromatic nitrogens is 2. The zero-order valence-electron chi connectivity index (χ0n) is 19.1. The molecule has 9 heteroatoms. The molecule has 3 aliphatic heterocycles. The van der Waals surface area contributed by atoms with Crippen LogP contribution in [0.4, 0.5) is 11.4 Å². The molecule has 1 atom stereocenters. The average molecular weight is 452 g/mol. The van der Waals surface area contributed by atoms with Crippen LogP contribution in [0.2, 0.25) is 0 Å². The van der Waals surface area contributed by atoms with Gasteiger partial charge in [-0.3, -0.25) is 4.79 Å². The lowest BCUT2D eigenvalue weighted by Crippen LogP contribution is -2.36. The number of hydrogen-bond acceptors (Lipinski definition) is 7. The fourth-order valence-electron chi connectivity index (χ4n) is 4.33. The van der Waals surface area contributed by atoms with Gasteiger partial charge in [0.05, 0.1) is 30.3 Å². The quantitative estimate of drug-likeness (QED) is 0.722. The zero-order valence-corrected chi connectivity index (χ0v) is 19.1. The summed E-state index contributed by atoms with van der Waals surface area (Å²) in [6.07, 6.45) is 7.99. The number of nitrogens with one attached hydrogen (secondary N) is 2. The van der Waals surface area contributed by atoms with Crippen LogP contribution in [0, 0.1) is 0 Å². The van der Waals surface area contributed by atoms with Crippen molar-refractivity contribution in [1.82, 2.24) is 15.1 Å². The molecule has 1 amide bonds. The van der Waals surface area contributed by atoms with Crippen LogP contribution in [0.15, 0.2) is 42.7 Å². The van der Waals surface area contributed by atoms with E-state index in [1.807, 2.05) is 30.5 Å². The van der Waals surface area contributed by atoms with Crippen LogP contribution in [0.1, 0.15) is 29.9 Å². The Balaban J connectivity index is 1.39. The minimum absolute atomic E-state index is 0.167. The fraction of sp³-hybridized carbons (Fsp3) is 0.417. The Morgan fingerprint density at radius 2 is 2.12 bits per heavy atom. The number of methoxy groups -OCH3 is 1. The maximum atomic E-state index is 13.1. The van der Waals surface area contributed by atoms with E-state index in [0.29, 0.717) is 18.9 Å². The SMILES string of the molecule is COC1C=CC(n2ccc(C(=O)Nc3cc4c(cc3N3CCOCC3)OC(C)(C)C4)n2)=CN1. The normalized spacial score (nSPS) is 21.1. The molecule has 1 aromatic carbocycles. The highest BCUT2D eigenvalue weighted by atomic mass is 16.5. The molecule has 4 heterocycles. The molecular formula is C24H29N5O4. The van der Waals surface area contributed by atoms with Crippen molar-refractivity contribution in [3.8, 4) is 5.75 Å². The van der Waals surface area contributed by atoms with Gasteiger partial charge in [0.1, 0.15) is 17.6 Å². The van der Waals surface area contributed by atoms with Crippen molar-refractivity contribution in [3.63, 3.8) is 0 Å². The van der Waals surface area contributed by atoms with Crippen LogP contribution in [-0.4, -0.2) is 60.9 Å². The molecule has 1 aromatic heterocycles. The molecule has 0 bridgehead atoms. The van der Waals surface area contributed by atoms with E-state index in [4.69, 9.17) is 14.2 Å². The molecule has 1 unspecified atom stereocenters. The van der Waals surface area contributed by atoms with Gasteiger partial charge in [-0.2, -0.15) is 5.10 Å². The summed E-state index contributed by atoms with van der Waals surface area (Å²) in [5.74, 6) is 0.617. The minimum atomic E-state index is -0.261. The van der Waals surface area contributed by atoms with E-state index in [-0.39, 0.29) is 17.7 Å². The summed E-state index contributed by atoms with van der Waals surface area (Å²) >= 11 is 0. The van der Waals surface area contributed by atoms with E-state index >= 15 is 0 Å². The van der Waals surface area contributed by atoms with Crippen LogP contribution in [0.25, 0.3) is 5.70 Å². The van der Waals surface area contributed by atoms with Gasteiger partial charge in [-0.1, -0.05) is 0 Å². The summed E-state index contributed by atoms with van der Waals surface area (Å²) in [5.41, 5.74) is 3.68. The van der Waals surface area contributed by atoms with Gasteiger partial charge >= 0.3 is 0 Å². The number of nitrogens with zero attached hydrogens (tertiary/aromatic N) is 3. The molecule has 0 aliphatic carbocycles. The average Bonchev–Trinajstić information content (AvgIpc) is 3.42. The molecule has 2 N–H and O–H groups in total. The van der Waals surface area contributed by atoms with Crippen molar-refractivity contribution in [1.29, 1.82) is 0 Å². The molecule has 9 nitrogen and oxygen atoms in total. The van der Waals surface area contributed by atoms with Crippen molar-refractivity contribution in [2.24, 2.45) is 0 Å². The zero-order chi connectivity index (χ0) is 23.0. The number of allylic oxidation sites excluding steroid dienone is 2. The molecule has 5 rings (SSSR count). The second kappa shape index (κ2) is 8.57. The third-order valence-corrected chi connectivity index (χ3v) is 5.96. The van der Waals surface area contributed by atoms with E-state index in [1.54, 1.807) is 24.1 Å². The van der Waals surface area contributed by atoms with E-state index < -0.39 is 0 Å². The summed E-state index contributed by atoms with van der Waals surface area (Å²) in [6.45, 7) is 6.98. The van der Waals surface area contributed by atoms with Crippen molar-refractivity contribution in [2.45, 2.75) is 32.1 Å². The highest BCUT2D eigenvalue weighted by molar-refractivity contribution is 6.05. The first-order valence-electron chi connectivity index (χ1n) is 11.2. The lowest BCUT2D eigenvalue weighted by Gasteiger charge is -2.31. The highest BCUT2D eigenvalue weighted by Gasteiger charge is 2.32. The van der Waals surface area contributed by atoms with Gasteiger partial charge in [0, 0.05) is 50.6 Å². The van der Waals surface area contributed by atoms with Crippen LogP contribution in [0.5, 0.6) is 5.75 Å². The van der Waals surface area contributed by atoms with Gasteiger partial charge in [0.2, 0.25) is 0 Å². The molecule has 0 radical (unpaired) electrons. The fourth-order valence-corrected chi connectivity index (χ4v) is 4.33. The first-order valence-corrected chi connectivity index (χ1v) is 11.2. The Morgan fingerprint density at radius 1 is 1.30 bits per heavy atom. The molecule has 1 fully saturated rings. The molecule has 2 aromatic rings. The molecular weight excluding hydrogens is 422 g/mol. The van der Waals surface area contributed by atoms with Crippen molar-refractivity contribution >= 4 is 23.0 Å². The van der Waals surface area contributed by atoms with Crippen molar-refractivity contribution < 1.29 is 19.0 Å². The number of anilines is 2. The monoisotopic (exact) mass is 451 g/mol. The number of fused-ring (bicyclic) bond motifs is 1. The first-order chi connectivity index (χ1) is 15.9. The topological polar surface area (TPSA) is 89.9 Å². The predicted octanol–water partition coefficient (Wildman–Crippen LogP) is 2.62. The van der Waals surface area contributed by atoms with Gasteiger partial charge in [-0.25, -0.2) is 4.68 Å². The number of amides is 1. The number of hydrogen-bond donors (Lipinski definition) is 2. The number of dihydropyridines is 1. The van der Waals surface area contributed by atoms with Crippen molar-refractivity contribution in [2.75, 3.05) is 43.6 Å². The Bertz CT molecular complexity index is 1110. The molecule has 174 valence electrons. The number of carbonyl (C=O) groups excluding carboxylic acids is 1. The number of benzene rings is 1. The van der Waals surface area contributed by atoms with Crippen molar-refractivity contribution in [3.05, 3.63) is 54.0 Å². The Kier molecular flexibility index (Phi) is 5.59. The number of rotatable bonds is 5. The minimum Gasteiger partial charge on any atom is -0.487 e. The summed E-state index contributed by atoms with van der Waals surface area (Å²) in [5, 5.41) is 10.7. The molecule has 3 aliphatic rings.